The minimum Gasteiger partial charge on any atom is -0.338 e. The molecule has 0 aliphatic carbocycles. The number of rotatable bonds is 2. The van der Waals surface area contributed by atoms with Gasteiger partial charge in [-0.1, -0.05) is 23.7 Å². The number of nitrogens with one attached hydrogen (secondary N) is 1. The summed E-state index contributed by atoms with van der Waals surface area (Å²) in [6, 6.07) is 6.42. The minimum atomic E-state index is -0.664. The monoisotopic (exact) mass is 237 g/mol. The molecule has 0 bridgehead atoms. The van der Waals surface area contributed by atoms with Crippen LogP contribution in [-0.2, 0) is 0 Å². The fourth-order valence-electron chi connectivity index (χ4n) is 1.42. The summed E-state index contributed by atoms with van der Waals surface area (Å²) in [6.45, 7) is 1.60. The molecule has 0 saturated carbocycles. The van der Waals surface area contributed by atoms with Crippen LogP contribution < -0.4 is 5.63 Å². The quantitative estimate of drug-likeness (QED) is 0.814. The first kappa shape index (κ1) is 10.7. The number of carbonyl (C=O) groups excluding carboxylic acids is 1. The lowest BCUT2D eigenvalue weighted by Crippen LogP contribution is -2.12. The van der Waals surface area contributed by atoms with Crippen LogP contribution in [-0.4, -0.2) is 10.9 Å². The maximum absolute atomic E-state index is 12.0. The SMILES string of the molecule is Cc1[nH]oc(=O)c1C(=O)c1cccc(Cl)c1. The van der Waals surface area contributed by atoms with E-state index in [-0.39, 0.29) is 5.56 Å². The zero-order valence-corrected chi connectivity index (χ0v) is 9.17. The van der Waals surface area contributed by atoms with Gasteiger partial charge in [-0.25, -0.2) is 9.95 Å². The molecule has 0 unspecified atom stereocenters. The second-order valence-corrected chi connectivity index (χ2v) is 3.77. The van der Waals surface area contributed by atoms with Crippen molar-refractivity contribution in [2.45, 2.75) is 6.92 Å². The Bertz CT molecular complexity index is 597. The van der Waals surface area contributed by atoms with Gasteiger partial charge in [0.1, 0.15) is 5.56 Å². The molecule has 1 N–H and O–H groups in total. The highest BCUT2D eigenvalue weighted by atomic mass is 35.5. The first-order chi connectivity index (χ1) is 7.59. The van der Waals surface area contributed by atoms with Gasteiger partial charge in [0.2, 0.25) is 5.78 Å². The summed E-state index contributed by atoms with van der Waals surface area (Å²) in [4.78, 5) is 23.3. The third-order valence-corrected chi connectivity index (χ3v) is 2.42. The van der Waals surface area contributed by atoms with Crippen LogP contribution in [0.25, 0.3) is 0 Å². The molecule has 82 valence electrons. The van der Waals surface area contributed by atoms with Gasteiger partial charge in [-0.05, 0) is 19.1 Å². The van der Waals surface area contributed by atoms with Crippen LogP contribution in [0.4, 0.5) is 0 Å². The van der Waals surface area contributed by atoms with Gasteiger partial charge in [0.05, 0.1) is 5.69 Å². The summed E-state index contributed by atoms with van der Waals surface area (Å²) in [5, 5.41) is 2.81. The highest BCUT2D eigenvalue weighted by Gasteiger charge is 2.19. The first-order valence-electron chi connectivity index (χ1n) is 4.58. The Morgan fingerprint density at radius 3 is 2.75 bits per heavy atom. The number of benzene rings is 1. The largest absolute Gasteiger partial charge is 0.368 e. The van der Waals surface area contributed by atoms with E-state index >= 15 is 0 Å². The zero-order valence-electron chi connectivity index (χ0n) is 8.41. The summed E-state index contributed by atoms with van der Waals surface area (Å²) >= 11 is 5.77. The molecule has 4 nitrogen and oxygen atoms in total. The van der Waals surface area contributed by atoms with E-state index in [0.29, 0.717) is 16.3 Å². The lowest BCUT2D eigenvalue weighted by atomic mass is 10.0. The van der Waals surface area contributed by atoms with Crippen LogP contribution in [0.1, 0.15) is 21.6 Å². The van der Waals surface area contributed by atoms with Crippen LogP contribution in [0.15, 0.2) is 33.6 Å². The van der Waals surface area contributed by atoms with Crippen LogP contribution >= 0.6 is 11.6 Å². The molecule has 0 radical (unpaired) electrons. The van der Waals surface area contributed by atoms with Crippen molar-refractivity contribution in [1.82, 2.24) is 5.16 Å². The van der Waals surface area contributed by atoms with Crippen molar-refractivity contribution < 1.29 is 9.32 Å². The molecule has 16 heavy (non-hydrogen) atoms. The maximum Gasteiger partial charge on any atom is 0.368 e. The number of aromatic nitrogens is 1. The van der Waals surface area contributed by atoms with E-state index in [9.17, 15) is 9.59 Å². The molecular formula is C11H8ClNO3. The molecule has 0 atom stereocenters. The molecule has 5 heteroatoms. The second kappa shape index (κ2) is 3.98. The summed E-state index contributed by atoms with van der Waals surface area (Å²) in [7, 11) is 0. The Morgan fingerprint density at radius 1 is 1.44 bits per heavy atom. The predicted octanol–water partition coefficient (Wildman–Crippen LogP) is 2.16. The van der Waals surface area contributed by atoms with Crippen molar-refractivity contribution >= 4 is 17.4 Å². The maximum atomic E-state index is 12.0. The van der Waals surface area contributed by atoms with Crippen molar-refractivity contribution in [3.8, 4) is 0 Å². The van der Waals surface area contributed by atoms with Gasteiger partial charge in [0.25, 0.3) is 0 Å². The Balaban J connectivity index is 2.51. The van der Waals surface area contributed by atoms with E-state index in [1.165, 1.54) is 6.07 Å². The van der Waals surface area contributed by atoms with Gasteiger partial charge in [-0.15, -0.1) is 0 Å². The molecule has 1 aromatic heterocycles. The van der Waals surface area contributed by atoms with Crippen molar-refractivity contribution in [3.63, 3.8) is 0 Å². The van der Waals surface area contributed by atoms with Gasteiger partial charge in [-0.3, -0.25) is 4.79 Å². The van der Waals surface area contributed by atoms with E-state index in [2.05, 4.69) is 9.68 Å². The Kier molecular flexibility index (Phi) is 2.66. The average molecular weight is 238 g/mol. The summed E-state index contributed by atoms with van der Waals surface area (Å²) in [6.07, 6.45) is 0. The van der Waals surface area contributed by atoms with Crippen LogP contribution in [0.3, 0.4) is 0 Å². The third kappa shape index (κ3) is 1.79. The van der Waals surface area contributed by atoms with E-state index in [0.717, 1.165) is 0 Å². The van der Waals surface area contributed by atoms with Gasteiger partial charge < -0.3 is 4.52 Å². The topological polar surface area (TPSA) is 63.1 Å². The number of H-pyrrole nitrogens is 1. The third-order valence-electron chi connectivity index (χ3n) is 2.19. The van der Waals surface area contributed by atoms with Crippen molar-refractivity contribution in [2.24, 2.45) is 0 Å². The van der Waals surface area contributed by atoms with Crippen molar-refractivity contribution in [1.29, 1.82) is 0 Å². The molecule has 1 aromatic carbocycles. The summed E-state index contributed by atoms with van der Waals surface area (Å²) in [5.41, 5.74) is 0.127. The molecule has 2 aromatic rings. The Morgan fingerprint density at radius 2 is 2.19 bits per heavy atom. The van der Waals surface area contributed by atoms with Crippen molar-refractivity contribution in [2.75, 3.05) is 0 Å². The predicted molar refractivity (Wildman–Crippen MR) is 59.0 cm³/mol. The van der Waals surface area contributed by atoms with E-state index in [1.54, 1.807) is 25.1 Å². The lowest BCUT2D eigenvalue weighted by molar-refractivity contribution is 0.103. The van der Waals surface area contributed by atoms with Gasteiger partial charge >= 0.3 is 5.63 Å². The standard InChI is InChI=1S/C11H8ClNO3/c1-6-9(11(15)16-13-6)10(14)7-3-2-4-8(12)5-7/h2-5,13H,1H3. The highest BCUT2D eigenvalue weighted by Crippen LogP contribution is 2.14. The molecule has 0 aliphatic heterocycles. The number of ketones is 1. The Hall–Kier alpha value is -1.81. The Labute approximate surface area is 95.8 Å². The fraction of sp³-hybridized carbons (Fsp3) is 0.0909. The van der Waals surface area contributed by atoms with E-state index in [1.807, 2.05) is 0 Å². The number of halogens is 1. The fourth-order valence-corrected chi connectivity index (χ4v) is 1.61. The normalized spacial score (nSPS) is 10.4. The van der Waals surface area contributed by atoms with Crippen LogP contribution in [0.5, 0.6) is 0 Å². The lowest BCUT2D eigenvalue weighted by Gasteiger charge is -1.98. The summed E-state index contributed by atoms with van der Waals surface area (Å²) < 4.78 is 4.53. The second-order valence-electron chi connectivity index (χ2n) is 3.33. The molecule has 0 fully saturated rings. The number of aromatic amines is 1. The first-order valence-corrected chi connectivity index (χ1v) is 4.95. The van der Waals surface area contributed by atoms with Crippen LogP contribution in [0, 0.1) is 6.92 Å². The van der Waals surface area contributed by atoms with Crippen molar-refractivity contribution in [3.05, 3.63) is 56.5 Å². The van der Waals surface area contributed by atoms with Crippen LogP contribution in [0.2, 0.25) is 5.02 Å². The average Bonchev–Trinajstić information content (AvgIpc) is 2.58. The molecule has 1 heterocycles. The van der Waals surface area contributed by atoms with Gasteiger partial charge in [-0.2, -0.15) is 0 Å². The number of hydrogen-bond donors (Lipinski definition) is 1. The molecular weight excluding hydrogens is 230 g/mol. The minimum absolute atomic E-state index is 0.0160. The molecule has 0 saturated heterocycles. The number of hydrogen-bond acceptors (Lipinski definition) is 3. The van der Waals surface area contributed by atoms with E-state index < -0.39 is 11.4 Å². The molecule has 0 spiro atoms. The van der Waals surface area contributed by atoms with Gasteiger partial charge in [0.15, 0.2) is 0 Å². The van der Waals surface area contributed by atoms with E-state index in [4.69, 9.17) is 11.6 Å². The molecule has 0 amide bonds. The number of aryl methyl sites for hydroxylation is 1. The molecule has 2 rings (SSSR count). The zero-order chi connectivity index (χ0) is 11.7. The number of carbonyl (C=O) groups is 1. The highest BCUT2D eigenvalue weighted by molar-refractivity contribution is 6.31. The van der Waals surface area contributed by atoms with Gasteiger partial charge in [0, 0.05) is 10.6 Å². The smallest absolute Gasteiger partial charge is 0.338 e. The molecule has 0 aliphatic rings. The summed E-state index contributed by atoms with van der Waals surface area (Å²) in [5.74, 6) is -0.394.